The van der Waals surface area contributed by atoms with Gasteiger partial charge in [-0.1, -0.05) is 25.1 Å². The minimum atomic E-state index is -2.44. The van der Waals surface area contributed by atoms with Gasteiger partial charge in [0.05, 0.1) is 6.04 Å². The molecule has 1 rings (SSSR count). The number of carbonyl (C=O) groups is 1. The van der Waals surface area contributed by atoms with E-state index in [1.165, 1.54) is 12.1 Å². The SMILES string of the molecule is CCCC(N)C(=O)Nc1ccc(SC(F)F)cc1.Cl. The van der Waals surface area contributed by atoms with Crippen LogP contribution in [0.25, 0.3) is 0 Å². The maximum atomic E-state index is 12.1. The molecule has 3 N–H and O–H groups in total. The van der Waals surface area contributed by atoms with Crippen molar-refractivity contribution in [1.82, 2.24) is 0 Å². The van der Waals surface area contributed by atoms with Gasteiger partial charge in [-0.3, -0.25) is 4.79 Å². The molecule has 7 heteroatoms. The molecule has 1 amide bonds. The second-order valence-electron chi connectivity index (χ2n) is 3.79. The molecule has 1 atom stereocenters. The maximum Gasteiger partial charge on any atom is 0.288 e. The van der Waals surface area contributed by atoms with Gasteiger partial charge >= 0.3 is 0 Å². The highest BCUT2D eigenvalue weighted by Crippen LogP contribution is 2.26. The number of benzene rings is 1. The molecule has 0 radical (unpaired) electrons. The maximum absolute atomic E-state index is 12.1. The van der Waals surface area contributed by atoms with E-state index in [-0.39, 0.29) is 18.3 Å². The quantitative estimate of drug-likeness (QED) is 0.791. The molecule has 0 fully saturated rings. The first-order valence-corrected chi connectivity index (χ1v) is 6.52. The van der Waals surface area contributed by atoms with Crippen molar-refractivity contribution in [2.75, 3.05) is 5.32 Å². The molecule has 0 aromatic heterocycles. The summed E-state index contributed by atoms with van der Waals surface area (Å²) in [7, 11) is 0. The fourth-order valence-corrected chi connectivity index (χ4v) is 1.90. The van der Waals surface area contributed by atoms with Crippen LogP contribution in [0.1, 0.15) is 19.8 Å². The standard InChI is InChI=1S/C12H16F2N2OS.ClH/c1-2-3-10(15)11(17)16-8-4-6-9(7-5-8)18-12(13)14;/h4-7,10,12H,2-3,15H2,1H3,(H,16,17);1H. The van der Waals surface area contributed by atoms with Gasteiger partial charge in [-0.05, 0) is 30.7 Å². The fraction of sp³-hybridized carbons (Fsp3) is 0.417. The van der Waals surface area contributed by atoms with Crippen LogP contribution in [-0.4, -0.2) is 17.7 Å². The van der Waals surface area contributed by atoms with Gasteiger partial charge in [0.25, 0.3) is 5.76 Å². The highest BCUT2D eigenvalue weighted by atomic mass is 35.5. The van der Waals surface area contributed by atoms with E-state index in [4.69, 9.17) is 5.73 Å². The van der Waals surface area contributed by atoms with Crippen LogP contribution in [0.15, 0.2) is 29.2 Å². The molecule has 0 aliphatic carbocycles. The van der Waals surface area contributed by atoms with E-state index < -0.39 is 11.8 Å². The van der Waals surface area contributed by atoms with Crippen LogP contribution >= 0.6 is 24.2 Å². The zero-order valence-electron chi connectivity index (χ0n) is 10.4. The molecule has 0 heterocycles. The fourth-order valence-electron chi connectivity index (χ4n) is 1.40. The second-order valence-corrected chi connectivity index (χ2v) is 4.85. The third-order valence-electron chi connectivity index (χ3n) is 2.28. The number of amides is 1. The summed E-state index contributed by atoms with van der Waals surface area (Å²) in [6.45, 7) is 1.95. The molecule has 0 bridgehead atoms. The Morgan fingerprint density at radius 1 is 1.37 bits per heavy atom. The van der Waals surface area contributed by atoms with Crippen molar-refractivity contribution in [3.63, 3.8) is 0 Å². The summed E-state index contributed by atoms with van der Waals surface area (Å²) in [5.41, 5.74) is 6.22. The van der Waals surface area contributed by atoms with E-state index in [1.54, 1.807) is 12.1 Å². The molecule has 1 unspecified atom stereocenters. The van der Waals surface area contributed by atoms with Gasteiger partial charge in [0.15, 0.2) is 0 Å². The van der Waals surface area contributed by atoms with E-state index in [1.807, 2.05) is 6.92 Å². The Hall–Kier alpha value is -0.850. The van der Waals surface area contributed by atoms with Gasteiger partial charge in [0.2, 0.25) is 5.91 Å². The minimum Gasteiger partial charge on any atom is -0.325 e. The summed E-state index contributed by atoms with van der Waals surface area (Å²) >= 11 is 0.470. The minimum absolute atomic E-state index is 0. The Morgan fingerprint density at radius 2 is 1.95 bits per heavy atom. The van der Waals surface area contributed by atoms with Gasteiger partial charge in [-0.15, -0.1) is 12.4 Å². The number of alkyl halides is 2. The molecule has 1 aromatic rings. The van der Waals surface area contributed by atoms with E-state index in [0.29, 0.717) is 28.8 Å². The first-order valence-electron chi connectivity index (χ1n) is 5.64. The number of hydrogen-bond acceptors (Lipinski definition) is 3. The molecule has 0 spiro atoms. The van der Waals surface area contributed by atoms with Crippen LogP contribution in [0.5, 0.6) is 0 Å². The number of carbonyl (C=O) groups excluding carboxylic acids is 1. The van der Waals surface area contributed by atoms with Gasteiger partial charge in [-0.25, -0.2) is 0 Å². The second kappa shape index (κ2) is 9.12. The lowest BCUT2D eigenvalue weighted by Crippen LogP contribution is -2.35. The summed E-state index contributed by atoms with van der Waals surface area (Å²) in [4.78, 5) is 12.1. The van der Waals surface area contributed by atoms with Crippen molar-refractivity contribution >= 4 is 35.8 Å². The molecule has 0 saturated carbocycles. The number of thioether (sulfide) groups is 1. The van der Waals surface area contributed by atoms with Gasteiger partial charge < -0.3 is 11.1 Å². The van der Waals surface area contributed by atoms with E-state index in [9.17, 15) is 13.6 Å². The lowest BCUT2D eigenvalue weighted by atomic mass is 10.1. The predicted molar refractivity (Wildman–Crippen MR) is 77.1 cm³/mol. The van der Waals surface area contributed by atoms with E-state index >= 15 is 0 Å². The van der Waals surface area contributed by atoms with Crippen LogP contribution in [-0.2, 0) is 4.79 Å². The molecule has 108 valence electrons. The zero-order valence-corrected chi connectivity index (χ0v) is 12.1. The van der Waals surface area contributed by atoms with Crippen molar-refractivity contribution in [2.24, 2.45) is 5.73 Å². The van der Waals surface area contributed by atoms with Gasteiger partial charge in [0.1, 0.15) is 0 Å². The van der Waals surface area contributed by atoms with Crippen LogP contribution in [0, 0.1) is 0 Å². The normalized spacial score (nSPS) is 11.8. The first kappa shape index (κ1) is 18.1. The highest BCUT2D eigenvalue weighted by molar-refractivity contribution is 7.99. The van der Waals surface area contributed by atoms with Crippen molar-refractivity contribution in [3.05, 3.63) is 24.3 Å². The van der Waals surface area contributed by atoms with Crippen molar-refractivity contribution in [3.8, 4) is 0 Å². The van der Waals surface area contributed by atoms with Crippen LogP contribution in [0.4, 0.5) is 14.5 Å². The molecular formula is C12H17ClF2N2OS. The Balaban J connectivity index is 0.00000324. The molecule has 0 saturated heterocycles. The molecule has 3 nitrogen and oxygen atoms in total. The number of hydrogen-bond donors (Lipinski definition) is 2. The summed E-state index contributed by atoms with van der Waals surface area (Å²) in [5, 5.41) is 2.65. The number of nitrogens with two attached hydrogens (primary N) is 1. The average molecular weight is 311 g/mol. The Kier molecular flexibility index (Phi) is 8.71. The topological polar surface area (TPSA) is 55.1 Å². The Labute approximate surface area is 121 Å². The summed E-state index contributed by atoms with van der Waals surface area (Å²) in [6.07, 6.45) is 1.45. The number of anilines is 1. The summed E-state index contributed by atoms with van der Waals surface area (Å²) < 4.78 is 24.2. The molecular weight excluding hydrogens is 294 g/mol. The van der Waals surface area contributed by atoms with E-state index in [2.05, 4.69) is 5.32 Å². The monoisotopic (exact) mass is 310 g/mol. The molecule has 19 heavy (non-hydrogen) atoms. The Morgan fingerprint density at radius 3 is 2.42 bits per heavy atom. The smallest absolute Gasteiger partial charge is 0.288 e. The molecule has 0 aliphatic rings. The number of nitrogens with one attached hydrogen (secondary N) is 1. The van der Waals surface area contributed by atoms with Crippen LogP contribution in [0.2, 0.25) is 0 Å². The highest BCUT2D eigenvalue weighted by Gasteiger charge is 2.12. The van der Waals surface area contributed by atoms with Crippen molar-refractivity contribution in [2.45, 2.75) is 36.5 Å². The van der Waals surface area contributed by atoms with Gasteiger partial charge in [-0.2, -0.15) is 8.78 Å². The summed E-state index contributed by atoms with van der Waals surface area (Å²) in [6, 6.07) is 5.71. The van der Waals surface area contributed by atoms with Gasteiger partial charge in [0, 0.05) is 10.6 Å². The zero-order chi connectivity index (χ0) is 13.5. The van der Waals surface area contributed by atoms with Crippen LogP contribution in [0.3, 0.4) is 0 Å². The summed E-state index contributed by atoms with van der Waals surface area (Å²) in [5.74, 6) is -2.70. The Bertz CT molecular complexity index is 390. The lowest BCUT2D eigenvalue weighted by molar-refractivity contribution is -0.117. The first-order chi connectivity index (χ1) is 8.52. The largest absolute Gasteiger partial charge is 0.325 e. The average Bonchev–Trinajstić information content (AvgIpc) is 2.31. The number of rotatable bonds is 6. The third-order valence-corrected chi connectivity index (χ3v) is 3.01. The van der Waals surface area contributed by atoms with E-state index in [0.717, 1.165) is 6.42 Å². The van der Waals surface area contributed by atoms with Crippen molar-refractivity contribution < 1.29 is 13.6 Å². The molecule has 1 aromatic carbocycles. The number of halogens is 3. The molecule has 0 aliphatic heterocycles. The third kappa shape index (κ3) is 6.75. The van der Waals surface area contributed by atoms with Crippen molar-refractivity contribution in [1.29, 1.82) is 0 Å². The predicted octanol–water partition coefficient (Wildman–Crippen LogP) is 3.49. The lowest BCUT2D eigenvalue weighted by Gasteiger charge is -2.11. The van der Waals surface area contributed by atoms with Crippen LogP contribution < -0.4 is 11.1 Å².